The topological polar surface area (TPSA) is 29.9 Å². The van der Waals surface area contributed by atoms with Gasteiger partial charge >= 0.3 is 0 Å². The molecule has 23 heavy (non-hydrogen) atoms. The highest BCUT2D eigenvalue weighted by Crippen LogP contribution is 2.29. The van der Waals surface area contributed by atoms with E-state index >= 15 is 0 Å². The fourth-order valence-electron chi connectivity index (χ4n) is 3.24. The van der Waals surface area contributed by atoms with Crippen molar-refractivity contribution in [1.29, 1.82) is 0 Å². The Kier molecular flexibility index (Phi) is 4.37. The van der Waals surface area contributed by atoms with Gasteiger partial charge in [0.1, 0.15) is 5.82 Å². The summed E-state index contributed by atoms with van der Waals surface area (Å²) >= 11 is 0. The summed E-state index contributed by atoms with van der Waals surface area (Å²) in [4.78, 5) is 4.58. The second-order valence-electron chi connectivity index (χ2n) is 6.35. The van der Waals surface area contributed by atoms with Crippen LogP contribution in [0.25, 0.3) is 10.9 Å². The zero-order chi connectivity index (χ0) is 16.4. The molecule has 0 aliphatic heterocycles. The molecule has 0 fully saturated rings. The minimum absolute atomic E-state index is 0.938. The standard InChI is InChI=1S/C20H25N3/c1-5-6-10-23-11-8-17-18(23)7-9-21-20(17)22-19-15(3)12-14(2)13-16(19)4/h7-9,11-13H,5-6,10H2,1-4H3,(H,21,22). The maximum atomic E-state index is 4.58. The first-order valence-corrected chi connectivity index (χ1v) is 8.39. The highest BCUT2D eigenvalue weighted by molar-refractivity contribution is 5.92. The Morgan fingerprint density at radius 1 is 1.09 bits per heavy atom. The third-order valence-electron chi connectivity index (χ3n) is 4.37. The fourth-order valence-corrected chi connectivity index (χ4v) is 3.24. The normalized spacial score (nSPS) is 11.1. The molecule has 1 N–H and O–H groups in total. The Morgan fingerprint density at radius 2 is 1.83 bits per heavy atom. The number of pyridine rings is 1. The quantitative estimate of drug-likeness (QED) is 0.674. The van der Waals surface area contributed by atoms with Crippen LogP contribution in [0.15, 0.2) is 36.7 Å². The molecular weight excluding hydrogens is 282 g/mol. The molecule has 0 bridgehead atoms. The fraction of sp³-hybridized carbons (Fsp3) is 0.350. The molecule has 1 aromatic carbocycles. The van der Waals surface area contributed by atoms with Gasteiger partial charge in [0.15, 0.2) is 0 Å². The molecule has 0 saturated heterocycles. The highest BCUT2D eigenvalue weighted by Gasteiger charge is 2.10. The third kappa shape index (κ3) is 3.09. The lowest BCUT2D eigenvalue weighted by Crippen LogP contribution is -2.00. The predicted octanol–water partition coefficient (Wildman–Crippen LogP) is 5.51. The average molecular weight is 307 g/mol. The largest absolute Gasteiger partial charge is 0.347 e. The van der Waals surface area contributed by atoms with Crippen LogP contribution in [0, 0.1) is 20.8 Å². The summed E-state index contributed by atoms with van der Waals surface area (Å²) in [6.45, 7) is 9.72. The summed E-state index contributed by atoms with van der Waals surface area (Å²) in [5.74, 6) is 0.938. The molecule has 0 amide bonds. The van der Waals surface area contributed by atoms with E-state index in [1.807, 2.05) is 6.20 Å². The van der Waals surface area contributed by atoms with E-state index in [2.05, 4.69) is 73.0 Å². The van der Waals surface area contributed by atoms with Crippen LogP contribution >= 0.6 is 0 Å². The van der Waals surface area contributed by atoms with Gasteiger partial charge in [-0.25, -0.2) is 4.98 Å². The summed E-state index contributed by atoms with van der Waals surface area (Å²) in [6.07, 6.45) is 6.47. The Hall–Kier alpha value is -2.29. The van der Waals surface area contributed by atoms with E-state index < -0.39 is 0 Å². The van der Waals surface area contributed by atoms with Gasteiger partial charge in [0.25, 0.3) is 0 Å². The number of hydrogen-bond acceptors (Lipinski definition) is 2. The van der Waals surface area contributed by atoms with Crippen LogP contribution in [0.2, 0.25) is 0 Å². The van der Waals surface area contributed by atoms with Gasteiger partial charge in [0, 0.05) is 30.0 Å². The zero-order valence-electron chi connectivity index (χ0n) is 14.5. The third-order valence-corrected chi connectivity index (χ3v) is 4.37. The van der Waals surface area contributed by atoms with E-state index in [0.717, 1.165) is 18.1 Å². The van der Waals surface area contributed by atoms with Crippen molar-refractivity contribution in [3.63, 3.8) is 0 Å². The van der Waals surface area contributed by atoms with Crippen LogP contribution in [0.5, 0.6) is 0 Å². The van der Waals surface area contributed by atoms with Crippen molar-refractivity contribution in [2.45, 2.75) is 47.1 Å². The van der Waals surface area contributed by atoms with E-state index in [1.54, 1.807) is 0 Å². The number of hydrogen-bond donors (Lipinski definition) is 1. The monoisotopic (exact) mass is 307 g/mol. The molecule has 0 radical (unpaired) electrons. The number of nitrogens with zero attached hydrogens (tertiary/aromatic N) is 2. The van der Waals surface area contributed by atoms with Gasteiger partial charge < -0.3 is 9.88 Å². The number of unbranched alkanes of at least 4 members (excludes halogenated alkanes) is 1. The number of nitrogens with one attached hydrogen (secondary N) is 1. The first kappa shape index (κ1) is 15.6. The van der Waals surface area contributed by atoms with Gasteiger partial charge in [-0.15, -0.1) is 0 Å². The van der Waals surface area contributed by atoms with E-state index in [9.17, 15) is 0 Å². The number of aryl methyl sites for hydroxylation is 4. The van der Waals surface area contributed by atoms with Gasteiger partial charge in [0.05, 0.1) is 5.52 Å². The van der Waals surface area contributed by atoms with Crippen LogP contribution in [-0.4, -0.2) is 9.55 Å². The molecule has 0 unspecified atom stereocenters. The van der Waals surface area contributed by atoms with Crippen molar-refractivity contribution in [1.82, 2.24) is 9.55 Å². The predicted molar refractivity (Wildman–Crippen MR) is 98.6 cm³/mol. The minimum Gasteiger partial charge on any atom is -0.347 e. The Balaban J connectivity index is 2.00. The Morgan fingerprint density at radius 3 is 2.52 bits per heavy atom. The molecule has 3 aromatic rings. The van der Waals surface area contributed by atoms with Crippen molar-refractivity contribution >= 4 is 22.4 Å². The van der Waals surface area contributed by atoms with E-state index in [0.29, 0.717) is 0 Å². The van der Waals surface area contributed by atoms with Crippen molar-refractivity contribution in [3.8, 4) is 0 Å². The summed E-state index contributed by atoms with van der Waals surface area (Å²) in [6, 6.07) is 8.69. The first-order chi connectivity index (χ1) is 11.1. The summed E-state index contributed by atoms with van der Waals surface area (Å²) in [7, 11) is 0. The van der Waals surface area contributed by atoms with Gasteiger partial charge in [-0.2, -0.15) is 0 Å². The van der Waals surface area contributed by atoms with E-state index in [1.165, 1.54) is 40.4 Å². The summed E-state index contributed by atoms with van der Waals surface area (Å²) in [5.41, 5.74) is 6.22. The molecule has 0 atom stereocenters. The van der Waals surface area contributed by atoms with Crippen molar-refractivity contribution in [3.05, 3.63) is 53.3 Å². The second-order valence-corrected chi connectivity index (χ2v) is 6.35. The van der Waals surface area contributed by atoms with Crippen LogP contribution in [0.1, 0.15) is 36.5 Å². The Bertz CT molecular complexity index is 807. The second kappa shape index (κ2) is 6.45. The zero-order valence-corrected chi connectivity index (χ0v) is 14.5. The SMILES string of the molecule is CCCCn1ccc2c(Nc3c(C)cc(C)cc3C)nccc21. The smallest absolute Gasteiger partial charge is 0.139 e. The van der Waals surface area contributed by atoms with Gasteiger partial charge in [-0.3, -0.25) is 0 Å². The molecule has 0 saturated carbocycles. The number of aromatic nitrogens is 2. The van der Waals surface area contributed by atoms with Crippen LogP contribution in [0.3, 0.4) is 0 Å². The first-order valence-electron chi connectivity index (χ1n) is 8.39. The minimum atomic E-state index is 0.938. The molecule has 2 aromatic heterocycles. The molecule has 2 heterocycles. The lowest BCUT2D eigenvalue weighted by Gasteiger charge is -2.14. The molecule has 3 heteroatoms. The van der Waals surface area contributed by atoms with Gasteiger partial charge in [0.2, 0.25) is 0 Å². The van der Waals surface area contributed by atoms with Crippen molar-refractivity contribution in [2.24, 2.45) is 0 Å². The van der Waals surface area contributed by atoms with Crippen molar-refractivity contribution in [2.75, 3.05) is 5.32 Å². The van der Waals surface area contributed by atoms with Crippen molar-refractivity contribution < 1.29 is 0 Å². The molecular formula is C20H25N3. The molecule has 3 rings (SSSR count). The number of benzene rings is 1. The maximum Gasteiger partial charge on any atom is 0.139 e. The molecule has 0 aliphatic rings. The maximum absolute atomic E-state index is 4.58. The molecule has 0 aliphatic carbocycles. The van der Waals surface area contributed by atoms with Gasteiger partial charge in [-0.1, -0.05) is 31.0 Å². The highest BCUT2D eigenvalue weighted by atomic mass is 15.0. The molecule has 0 spiro atoms. The van der Waals surface area contributed by atoms with E-state index in [4.69, 9.17) is 0 Å². The average Bonchev–Trinajstić information content (AvgIpc) is 2.92. The number of anilines is 2. The molecule has 120 valence electrons. The number of rotatable bonds is 5. The summed E-state index contributed by atoms with van der Waals surface area (Å²) in [5, 5.41) is 4.74. The van der Waals surface area contributed by atoms with Gasteiger partial charge in [-0.05, 0) is 50.5 Å². The number of fused-ring (bicyclic) bond motifs is 1. The van der Waals surface area contributed by atoms with Crippen LogP contribution in [0.4, 0.5) is 11.5 Å². The Labute approximate surface area is 138 Å². The van der Waals surface area contributed by atoms with Crippen LogP contribution < -0.4 is 5.32 Å². The molecule has 3 nitrogen and oxygen atoms in total. The van der Waals surface area contributed by atoms with Crippen LogP contribution in [-0.2, 0) is 6.54 Å². The van der Waals surface area contributed by atoms with E-state index in [-0.39, 0.29) is 0 Å². The lowest BCUT2D eigenvalue weighted by atomic mass is 10.1. The summed E-state index contributed by atoms with van der Waals surface area (Å²) < 4.78 is 2.32. The lowest BCUT2D eigenvalue weighted by molar-refractivity contribution is 0.650.